The second-order valence-electron chi connectivity index (χ2n) is 1.45. The van der Waals surface area contributed by atoms with Gasteiger partial charge in [0.25, 0.3) is 0 Å². The van der Waals surface area contributed by atoms with E-state index in [1.807, 2.05) is 0 Å². The molecule has 0 unspecified atom stereocenters. The largest absolute Gasteiger partial charge is 0.245 e. The highest BCUT2D eigenvalue weighted by Crippen LogP contribution is 1.82. The first-order valence-electron chi connectivity index (χ1n) is 2.09. The van der Waals surface area contributed by atoms with E-state index in [0.717, 1.165) is 10.7 Å². The van der Waals surface area contributed by atoms with E-state index in [0.29, 0.717) is 0 Å². The average Bonchev–Trinajstić information content (AvgIpc) is 1.62. The molecule has 0 spiro atoms. The number of hydrazine groups is 1. The van der Waals surface area contributed by atoms with Crippen molar-refractivity contribution in [3.05, 3.63) is 0 Å². The number of nitrogens with one attached hydrogen (secondary N) is 1. The number of sulfonamides is 1. The summed E-state index contributed by atoms with van der Waals surface area (Å²) in [4.78, 5) is 0. The molecule has 4 nitrogen and oxygen atoms in total. The van der Waals surface area contributed by atoms with Crippen LogP contribution in [0.2, 0.25) is 0 Å². The maximum atomic E-state index is 10.4. The number of rotatable bonds is 2. The van der Waals surface area contributed by atoms with Crippen LogP contribution in [0.4, 0.5) is 0 Å². The maximum Gasteiger partial charge on any atom is 0.223 e. The van der Waals surface area contributed by atoms with Crippen molar-refractivity contribution >= 4 is 10.0 Å². The van der Waals surface area contributed by atoms with E-state index >= 15 is 0 Å². The molecule has 0 fully saturated rings. The molecule has 0 rings (SSSR count). The molecule has 0 saturated heterocycles. The zero-order chi connectivity index (χ0) is 6.78. The Bertz CT molecular complexity index is 151. The van der Waals surface area contributed by atoms with E-state index in [4.69, 9.17) is 0 Å². The topological polar surface area (TPSA) is 49.4 Å². The third-order valence-corrected chi connectivity index (χ3v) is 1.99. The highest BCUT2D eigenvalue weighted by molar-refractivity contribution is 7.88. The molecular formula is C3H10N2O2S. The summed E-state index contributed by atoms with van der Waals surface area (Å²) in [5, 5.41) is 0. The Morgan fingerprint density at radius 3 is 1.88 bits per heavy atom. The Balaban J connectivity index is 4.04. The van der Waals surface area contributed by atoms with Gasteiger partial charge in [0.2, 0.25) is 10.0 Å². The molecule has 0 aliphatic carbocycles. The molecule has 0 heterocycles. The van der Waals surface area contributed by atoms with Crippen LogP contribution >= 0.6 is 0 Å². The van der Waals surface area contributed by atoms with Gasteiger partial charge in [0, 0.05) is 7.05 Å². The Kier molecular flexibility index (Phi) is 2.39. The highest BCUT2D eigenvalue weighted by Gasteiger charge is 2.05. The van der Waals surface area contributed by atoms with Crippen LogP contribution in [-0.4, -0.2) is 33.2 Å². The van der Waals surface area contributed by atoms with Crippen molar-refractivity contribution in [2.24, 2.45) is 0 Å². The van der Waals surface area contributed by atoms with Crippen LogP contribution in [0.1, 0.15) is 0 Å². The fourth-order valence-corrected chi connectivity index (χ4v) is 0.497. The molecule has 0 bridgehead atoms. The summed E-state index contributed by atoms with van der Waals surface area (Å²) in [6.45, 7) is 0. The minimum absolute atomic E-state index is 1.03. The molecule has 0 saturated carbocycles. The lowest BCUT2D eigenvalue weighted by Gasteiger charge is -2.10. The zero-order valence-corrected chi connectivity index (χ0v) is 5.99. The molecule has 0 aliphatic heterocycles. The SMILES string of the molecule is CNN(C)S(C)(=O)=O. The summed E-state index contributed by atoms with van der Waals surface area (Å²) >= 11 is 0. The summed E-state index contributed by atoms with van der Waals surface area (Å²) in [5.74, 6) is 0. The first-order chi connectivity index (χ1) is 3.48. The van der Waals surface area contributed by atoms with Gasteiger partial charge in [0.15, 0.2) is 0 Å². The molecular weight excluding hydrogens is 128 g/mol. The molecule has 0 aromatic heterocycles. The van der Waals surface area contributed by atoms with Gasteiger partial charge in [-0.05, 0) is 7.05 Å². The van der Waals surface area contributed by atoms with Crippen LogP contribution < -0.4 is 5.43 Å². The van der Waals surface area contributed by atoms with Gasteiger partial charge in [-0.3, -0.25) is 0 Å². The predicted octanol–water partition coefficient (Wildman–Crippen LogP) is -0.988. The first-order valence-corrected chi connectivity index (χ1v) is 3.94. The lowest BCUT2D eigenvalue weighted by Crippen LogP contribution is -2.35. The number of hydrogen-bond acceptors (Lipinski definition) is 3. The Hall–Kier alpha value is -0.130. The zero-order valence-electron chi connectivity index (χ0n) is 5.17. The van der Waals surface area contributed by atoms with Gasteiger partial charge in [0.05, 0.1) is 6.26 Å². The Morgan fingerprint density at radius 2 is 1.88 bits per heavy atom. The van der Waals surface area contributed by atoms with Gasteiger partial charge in [0.1, 0.15) is 0 Å². The van der Waals surface area contributed by atoms with Crippen molar-refractivity contribution in [3.8, 4) is 0 Å². The standard InChI is InChI=1S/C3H10N2O2S/c1-4-5(2)8(3,6)7/h4H,1-3H3. The molecule has 0 aromatic carbocycles. The van der Waals surface area contributed by atoms with Gasteiger partial charge in [-0.25, -0.2) is 13.8 Å². The van der Waals surface area contributed by atoms with Crippen molar-refractivity contribution in [2.75, 3.05) is 20.4 Å². The highest BCUT2D eigenvalue weighted by atomic mass is 32.2. The monoisotopic (exact) mass is 138 g/mol. The van der Waals surface area contributed by atoms with E-state index in [1.165, 1.54) is 7.05 Å². The quantitative estimate of drug-likeness (QED) is 0.498. The summed E-state index contributed by atoms with van der Waals surface area (Å²) in [6, 6.07) is 0. The smallest absolute Gasteiger partial charge is 0.223 e. The van der Waals surface area contributed by atoms with Crippen LogP contribution in [0.25, 0.3) is 0 Å². The second-order valence-corrected chi connectivity index (χ2v) is 3.47. The van der Waals surface area contributed by atoms with E-state index in [-0.39, 0.29) is 0 Å². The van der Waals surface area contributed by atoms with Gasteiger partial charge >= 0.3 is 0 Å². The molecule has 0 radical (unpaired) electrons. The average molecular weight is 138 g/mol. The van der Waals surface area contributed by atoms with E-state index in [9.17, 15) is 8.42 Å². The van der Waals surface area contributed by atoms with Crippen molar-refractivity contribution < 1.29 is 8.42 Å². The fraction of sp³-hybridized carbons (Fsp3) is 1.00. The third-order valence-electron chi connectivity index (χ3n) is 0.812. The van der Waals surface area contributed by atoms with E-state index < -0.39 is 10.0 Å². The summed E-state index contributed by atoms with van der Waals surface area (Å²) in [5.41, 5.74) is 2.45. The molecule has 5 heteroatoms. The fourth-order valence-electron chi connectivity index (χ4n) is 0.166. The van der Waals surface area contributed by atoms with E-state index in [2.05, 4.69) is 5.43 Å². The minimum Gasteiger partial charge on any atom is -0.245 e. The number of nitrogens with zero attached hydrogens (tertiary/aromatic N) is 1. The molecule has 0 atom stereocenters. The second kappa shape index (κ2) is 2.43. The molecule has 1 N–H and O–H groups in total. The summed E-state index contributed by atoms with van der Waals surface area (Å²) in [6.07, 6.45) is 1.13. The Labute approximate surface area is 49.5 Å². The van der Waals surface area contributed by atoms with Crippen LogP contribution in [0.3, 0.4) is 0 Å². The Morgan fingerprint density at radius 1 is 1.50 bits per heavy atom. The lowest BCUT2D eigenvalue weighted by molar-refractivity contribution is 0.407. The van der Waals surface area contributed by atoms with E-state index in [1.54, 1.807) is 7.05 Å². The third kappa shape index (κ3) is 2.25. The van der Waals surface area contributed by atoms with Gasteiger partial charge in [-0.2, -0.15) is 0 Å². The summed E-state index contributed by atoms with van der Waals surface area (Å²) < 4.78 is 21.9. The molecule has 50 valence electrons. The van der Waals surface area contributed by atoms with Crippen LogP contribution in [0, 0.1) is 0 Å². The van der Waals surface area contributed by atoms with Crippen molar-refractivity contribution in [1.82, 2.24) is 9.84 Å². The van der Waals surface area contributed by atoms with Crippen molar-refractivity contribution in [3.63, 3.8) is 0 Å². The summed E-state index contributed by atoms with van der Waals surface area (Å²) in [7, 11) is -0.0481. The van der Waals surface area contributed by atoms with Crippen molar-refractivity contribution in [1.29, 1.82) is 0 Å². The number of hydrogen-bond donors (Lipinski definition) is 1. The normalized spacial score (nSPS) is 12.5. The minimum atomic E-state index is -3.03. The van der Waals surface area contributed by atoms with Crippen LogP contribution in [-0.2, 0) is 10.0 Å². The molecule has 0 amide bonds. The van der Waals surface area contributed by atoms with Gasteiger partial charge < -0.3 is 0 Å². The van der Waals surface area contributed by atoms with Gasteiger partial charge in [-0.1, -0.05) is 0 Å². The van der Waals surface area contributed by atoms with Crippen LogP contribution in [0.15, 0.2) is 0 Å². The first kappa shape index (κ1) is 7.87. The van der Waals surface area contributed by atoms with Crippen molar-refractivity contribution in [2.45, 2.75) is 0 Å². The maximum absolute atomic E-state index is 10.4. The molecule has 8 heavy (non-hydrogen) atoms. The van der Waals surface area contributed by atoms with Crippen LogP contribution in [0.5, 0.6) is 0 Å². The van der Waals surface area contributed by atoms with Gasteiger partial charge in [-0.15, -0.1) is 4.41 Å². The predicted molar refractivity (Wildman–Crippen MR) is 31.7 cm³/mol. The molecule has 0 aliphatic rings. The molecule has 0 aromatic rings. The lowest BCUT2D eigenvalue weighted by atomic mass is 11.4.